The first kappa shape index (κ1) is 13.3. The Morgan fingerprint density at radius 3 is 2.48 bits per heavy atom. The number of ether oxygens (including phenoxy) is 1. The summed E-state index contributed by atoms with van der Waals surface area (Å²) in [4.78, 5) is 35.2. The minimum absolute atomic E-state index is 0.0493. The Kier molecular flexibility index (Phi) is 2.99. The van der Waals surface area contributed by atoms with Gasteiger partial charge in [-0.05, 0) is 23.8 Å². The molecule has 1 aliphatic heterocycles. The van der Waals surface area contributed by atoms with Crippen LogP contribution in [0.4, 0.5) is 0 Å². The summed E-state index contributed by atoms with van der Waals surface area (Å²) >= 11 is 6.16. The summed E-state index contributed by atoms with van der Waals surface area (Å²) in [5, 5.41) is 9.10. The van der Waals surface area contributed by atoms with Crippen molar-refractivity contribution in [3.05, 3.63) is 58.1 Å². The minimum Gasteiger partial charge on any atom is -0.478 e. The molecule has 21 heavy (non-hydrogen) atoms. The van der Waals surface area contributed by atoms with Crippen LogP contribution in [0.3, 0.4) is 0 Å². The molecule has 1 aliphatic rings. The van der Waals surface area contributed by atoms with Crippen molar-refractivity contribution in [2.75, 3.05) is 0 Å². The molecule has 0 saturated carbocycles. The van der Waals surface area contributed by atoms with Crippen LogP contribution in [0, 0.1) is 0 Å². The molecule has 6 heteroatoms. The Bertz CT molecular complexity index is 810. The zero-order chi connectivity index (χ0) is 15.1. The molecule has 104 valence electrons. The number of fused-ring (bicyclic) bond motifs is 5. The third-order valence-electron chi connectivity index (χ3n) is 3.17. The second-order valence-electron chi connectivity index (χ2n) is 4.41. The van der Waals surface area contributed by atoms with Gasteiger partial charge in [-0.1, -0.05) is 29.8 Å². The van der Waals surface area contributed by atoms with E-state index in [1.165, 1.54) is 24.3 Å². The average Bonchev–Trinajstić information content (AvgIpc) is 2.46. The maximum atomic E-state index is 12.1. The van der Waals surface area contributed by atoms with E-state index in [1.54, 1.807) is 12.1 Å². The lowest BCUT2D eigenvalue weighted by molar-refractivity contribution is 0.0392. The average molecular weight is 303 g/mol. The van der Waals surface area contributed by atoms with Gasteiger partial charge in [-0.15, -0.1) is 0 Å². The van der Waals surface area contributed by atoms with E-state index in [0.29, 0.717) is 11.1 Å². The van der Waals surface area contributed by atoms with Crippen molar-refractivity contribution in [2.24, 2.45) is 0 Å². The molecule has 2 aromatic carbocycles. The summed E-state index contributed by atoms with van der Waals surface area (Å²) in [6.07, 6.45) is 0. The summed E-state index contributed by atoms with van der Waals surface area (Å²) in [6, 6.07) is 9.13. The lowest BCUT2D eigenvalue weighted by Gasteiger charge is -2.10. The quantitative estimate of drug-likeness (QED) is 0.647. The minimum atomic E-state index is -1.33. The highest BCUT2D eigenvalue weighted by molar-refractivity contribution is 6.37. The van der Waals surface area contributed by atoms with Crippen molar-refractivity contribution in [3.8, 4) is 11.1 Å². The van der Waals surface area contributed by atoms with E-state index in [2.05, 4.69) is 0 Å². The molecule has 0 amide bonds. The fourth-order valence-electron chi connectivity index (χ4n) is 2.18. The van der Waals surface area contributed by atoms with E-state index < -0.39 is 17.9 Å². The third-order valence-corrected chi connectivity index (χ3v) is 3.56. The number of aromatic carboxylic acids is 1. The van der Waals surface area contributed by atoms with Crippen LogP contribution in [-0.2, 0) is 4.74 Å². The molecule has 0 radical (unpaired) electrons. The Morgan fingerprint density at radius 1 is 1.05 bits per heavy atom. The largest absolute Gasteiger partial charge is 0.478 e. The number of cyclic esters (lactones) is 2. The topological polar surface area (TPSA) is 80.7 Å². The summed E-state index contributed by atoms with van der Waals surface area (Å²) in [7, 11) is 0. The molecule has 2 aromatic rings. The van der Waals surface area contributed by atoms with Crippen LogP contribution >= 0.6 is 11.6 Å². The number of rotatable bonds is 1. The zero-order valence-electron chi connectivity index (χ0n) is 10.4. The molecule has 1 N–H and O–H groups in total. The molecular weight excluding hydrogens is 296 g/mol. The van der Waals surface area contributed by atoms with Crippen molar-refractivity contribution in [1.29, 1.82) is 0 Å². The zero-order valence-corrected chi connectivity index (χ0v) is 11.2. The predicted molar refractivity (Wildman–Crippen MR) is 73.6 cm³/mol. The van der Waals surface area contributed by atoms with Gasteiger partial charge in [0.2, 0.25) is 0 Å². The van der Waals surface area contributed by atoms with Gasteiger partial charge in [0.05, 0.1) is 21.7 Å². The maximum absolute atomic E-state index is 12.1. The van der Waals surface area contributed by atoms with E-state index >= 15 is 0 Å². The molecule has 5 nitrogen and oxygen atoms in total. The Hall–Kier alpha value is -2.66. The van der Waals surface area contributed by atoms with Gasteiger partial charge in [0.1, 0.15) is 0 Å². The first-order valence-electron chi connectivity index (χ1n) is 5.92. The number of hydrogen-bond donors (Lipinski definition) is 1. The van der Waals surface area contributed by atoms with Crippen LogP contribution in [0.5, 0.6) is 0 Å². The van der Waals surface area contributed by atoms with E-state index in [4.69, 9.17) is 21.4 Å². The molecule has 0 fully saturated rings. The van der Waals surface area contributed by atoms with Crippen LogP contribution in [0.25, 0.3) is 11.1 Å². The van der Waals surface area contributed by atoms with Crippen molar-refractivity contribution in [3.63, 3.8) is 0 Å². The molecule has 0 aromatic heterocycles. The van der Waals surface area contributed by atoms with Crippen LogP contribution < -0.4 is 0 Å². The van der Waals surface area contributed by atoms with Gasteiger partial charge < -0.3 is 9.84 Å². The monoisotopic (exact) mass is 302 g/mol. The van der Waals surface area contributed by atoms with Crippen molar-refractivity contribution in [1.82, 2.24) is 0 Å². The van der Waals surface area contributed by atoms with Crippen molar-refractivity contribution >= 4 is 29.5 Å². The lowest BCUT2D eigenvalue weighted by Crippen LogP contribution is -2.16. The fraction of sp³-hybridized carbons (Fsp3) is 0. The molecule has 0 unspecified atom stereocenters. The van der Waals surface area contributed by atoms with Crippen LogP contribution in [0.2, 0.25) is 5.02 Å². The molecule has 1 heterocycles. The van der Waals surface area contributed by atoms with E-state index in [9.17, 15) is 14.4 Å². The standard InChI is InChI=1S/C15H7ClO5/c16-12-9-4-5-10(13(17)18)11(12)15(20)21-14(19)8-3-1-2-7(9)6-8/h1-6H,(H,17,18). The molecule has 0 spiro atoms. The Balaban J connectivity index is 2.39. The normalized spacial score (nSPS) is 13.0. The predicted octanol–water partition coefficient (Wildman–Crippen LogP) is 3.02. The van der Waals surface area contributed by atoms with E-state index in [0.717, 1.165) is 0 Å². The maximum Gasteiger partial charge on any atom is 0.348 e. The summed E-state index contributed by atoms with van der Waals surface area (Å²) in [5.74, 6) is -3.25. The number of carboxylic acids is 1. The van der Waals surface area contributed by atoms with Gasteiger partial charge in [0.15, 0.2) is 0 Å². The molecule has 4 bridgehead atoms. The SMILES string of the molecule is O=C1OC(=O)c2c(C(=O)O)ccc(c2Cl)-c2cccc1c2. The second-order valence-corrected chi connectivity index (χ2v) is 4.79. The number of halogens is 1. The van der Waals surface area contributed by atoms with Gasteiger partial charge in [0.25, 0.3) is 0 Å². The number of carbonyl (C=O) groups excluding carboxylic acids is 2. The lowest BCUT2D eigenvalue weighted by atomic mass is 9.98. The first-order chi connectivity index (χ1) is 9.99. The Morgan fingerprint density at radius 2 is 1.76 bits per heavy atom. The smallest absolute Gasteiger partial charge is 0.348 e. The molecule has 3 rings (SSSR count). The molecule has 0 saturated heterocycles. The van der Waals surface area contributed by atoms with Crippen LogP contribution in [0.1, 0.15) is 31.1 Å². The number of carbonyl (C=O) groups is 3. The van der Waals surface area contributed by atoms with Crippen LogP contribution in [0.15, 0.2) is 36.4 Å². The summed E-state index contributed by atoms with van der Waals surface area (Å²) < 4.78 is 4.70. The molecular formula is C15H7ClO5. The highest BCUT2D eigenvalue weighted by Gasteiger charge is 2.28. The van der Waals surface area contributed by atoms with Gasteiger partial charge >= 0.3 is 17.9 Å². The number of carboxylic acid groups (broad SMARTS) is 1. The van der Waals surface area contributed by atoms with Crippen molar-refractivity contribution < 1.29 is 24.2 Å². The van der Waals surface area contributed by atoms with Gasteiger partial charge in [-0.3, -0.25) is 0 Å². The van der Waals surface area contributed by atoms with Gasteiger partial charge in [-0.2, -0.15) is 0 Å². The fourth-order valence-corrected chi connectivity index (χ4v) is 2.54. The molecule has 0 aliphatic carbocycles. The number of esters is 2. The summed E-state index contributed by atoms with van der Waals surface area (Å²) in [6.45, 7) is 0. The Labute approximate surface area is 123 Å². The first-order valence-corrected chi connectivity index (χ1v) is 6.29. The molecule has 0 atom stereocenters. The summed E-state index contributed by atoms with van der Waals surface area (Å²) in [5.41, 5.74) is 0.623. The van der Waals surface area contributed by atoms with Crippen molar-refractivity contribution in [2.45, 2.75) is 0 Å². The third kappa shape index (κ3) is 2.08. The van der Waals surface area contributed by atoms with Gasteiger partial charge in [-0.25, -0.2) is 14.4 Å². The highest BCUT2D eigenvalue weighted by atomic mass is 35.5. The van der Waals surface area contributed by atoms with E-state index in [1.807, 2.05) is 0 Å². The van der Waals surface area contributed by atoms with Crippen LogP contribution in [-0.4, -0.2) is 23.0 Å². The second kappa shape index (κ2) is 4.71. The van der Waals surface area contributed by atoms with Gasteiger partial charge in [0, 0.05) is 5.56 Å². The number of benzene rings is 2. The highest BCUT2D eigenvalue weighted by Crippen LogP contribution is 2.35. The number of hydrogen-bond acceptors (Lipinski definition) is 4. The van der Waals surface area contributed by atoms with E-state index in [-0.39, 0.29) is 21.7 Å².